The van der Waals surface area contributed by atoms with E-state index in [1.165, 1.54) is 13.0 Å². The van der Waals surface area contributed by atoms with E-state index >= 15 is 0 Å². The molecular formula is C21H26FN3O2. The molecule has 0 aromatic heterocycles. The summed E-state index contributed by atoms with van der Waals surface area (Å²) in [6, 6.07) is 15.7. The second kappa shape index (κ2) is 10.3. The Balaban J connectivity index is 1.79. The number of benzene rings is 2. The van der Waals surface area contributed by atoms with Gasteiger partial charge in [0.2, 0.25) is 11.8 Å². The molecule has 0 fully saturated rings. The topological polar surface area (TPSA) is 61.4 Å². The predicted octanol–water partition coefficient (Wildman–Crippen LogP) is 3.04. The maximum absolute atomic E-state index is 13.7. The monoisotopic (exact) mass is 371 g/mol. The van der Waals surface area contributed by atoms with Crippen molar-refractivity contribution in [2.45, 2.75) is 25.8 Å². The highest BCUT2D eigenvalue weighted by molar-refractivity contribution is 5.79. The summed E-state index contributed by atoms with van der Waals surface area (Å²) in [7, 11) is 1.82. The first-order valence-electron chi connectivity index (χ1n) is 9.02. The van der Waals surface area contributed by atoms with Crippen molar-refractivity contribution in [2.75, 3.05) is 25.0 Å². The lowest BCUT2D eigenvalue weighted by Crippen LogP contribution is -2.33. The fourth-order valence-corrected chi connectivity index (χ4v) is 2.87. The Hall–Kier alpha value is -2.89. The van der Waals surface area contributed by atoms with Crippen molar-refractivity contribution >= 4 is 17.5 Å². The molecular weight excluding hydrogens is 345 g/mol. The zero-order valence-electron chi connectivity index (χ0n) is 15.7. The minimum absolute atomic E-state index is 0.133. The van der Waals surface area contributed by atoms with Crippen molar-refractivity contribution in [1.29, 1.82) is 0 Å². The van der Waals surface area contributed by atoms with Crippen LogP contribution < -0.4 is 15.5 Å². The fourth-order valence-electron chi connectivity index (χ4n) is 2.87. The summed E-state index contributed by atoms with van der Waals surface area (Å²) in [6.07, 6.45) is 0.861. The molecule has 0 aliphatic heterocycles. The van der Waals surface area contributed by atoms with Gasteiger partial charge in [-0.25, -0.2) is 4.39 Å². The van der Waals surface area contributed by atoms with E-state index in [1.807, 2.05) is 42.3 Å². The van der Waals surface area contributed by atoms with Gasteiger partial charge in [-0.1, -0.05) is 42.5 Å². The third kappa shape index (κ3) is 6.73. The minimum Gasteiger partial charge on any atom is -0.372 e. The van der Waals surface area contributed by atoms with Gasteiger partial charge in [0.15, 0.2) is 0 Å². The molecule has 1 unspecified atom stereocenters. The SMILES string of the molecule is CC(=O)NC(CC(=O)NCCCN(C)c1ccccc1F)c1ccccc1. The van der Waals surface area contributed by atoms with Gasteiger partial charge >= 0.3 is 0 Å². The predicted molar refractivity (Wildman–Crippen MR) is 105 cm³/mol. The summed E-state index contributed by atoms with van der Waals surface area (Å²) >= 11 is 0. The van der Waals surface area contributed by atoms with E-state index < -0.39 is 0 Å². The Kier molecular flexibility index (Phi) is 7.79. The molecule has 2 amide bonds. The Morgan fingerprint density at radius 3 is 2.41 bits per heavy atom. The van der Waals surface area contributed by atoms with Crippen LogP contribution >= 0.6 is 0 Å². The number of carbonyl (C=O) groups is 2. The molecule has 2 aromatic carbocycles. The molecule has 144 valence electrons. The van der Waals surface area contributed by atoms with Crippen LogP contribution in [0.5, 0.6) is 0 Å². The van der Waals surface area contributed by atoms with Crippen molar-refractivity contribution in [3.8, 4) is 0 Å². The van der Waals surface area contributed by atoms with E-state index in [2.05, 4.69) is 10.6 Å². The zero-order valence-corrected chi connectivity index (χ0v) is 15.7. The van der Waals surface area contributed by atoms with E-state index in [9.17, 15) is 14.0 Å². The average molecular weight is 371 g/mol. The number of para-hydroxylation sites is 1. The van der Waals surface area contributed by atoms with Crippen molar-refractivity contribution in [1.82, 2.24) is 10.6 Å². The van der Waals surface area contributed by atoms with Crippen molar-refractivity contribution in [3.63, 3.8) is 0 Å². The van der Waals surface area contributed by atoms with Crippen LogP contribution in [0, 0.1) is 5.82 Å². The van der Waals surface area contributed by atoms with Gasteiger partial charge in [-0.2, -0.15) is 0 Å². The van der Waals surface area contributed by atoms with E-state index in [-0.39, 0.29) is 30.1 Å². The first-order chi connectivity index (χ1) is 13.0. The molecule has 0 heterocycles. The van der Waals surface area contributed by atoms with Crippen LogP contribution in [0.3, 0.4) is 0 Å². The summed E-state index contributed by atoms with van der Waals surface area (Å²) in [4.78, 5) is 25.5. The summed E-state index contributed by atoms with van der Waals surface area (Å²) in [5, 5.41) is 5.68. The van der Waals surface area contributed by atoms with Gasteiger partial charge in [0.05, 0.1) is 18.2 Å². The molecule has 0 spiro atoms. The van der Waals surface area contributed by atoms with Gasteiger partial charge < -0.3 is 15.5 Å². The van der Waals surface area contributed by atoms with Gasteiger partial charge in [-0.05, 0) is 24.1 Å². The highest BCUT2D eigenvalue weighted by Crippen LogP contribution is 2.17. The smallest absolute Gasteiger partial charge is 0.222 e. The standard InChI is InChI=1S/C21H26FN3O2/c1-16(26)24-19(17-9-4-3-5-10-17)15-21(27)23-13-8-14-25(2)20-12-7-6-11-18(20)22/h3-7,9-12,19H,8,13-15H2,1-2H3,(H,23,27)(H,24,26). The van der Waals surface area contributed by atoms with Crippen LogP contribution in [-0.4, -0.2) is 32.0 Å². The van der Waals surface area contributed by atoms with Crippen LogP contribution in [0.1, 0.15) is 31.4 Å². The molecule has 0 saturated heterocycles. The third-order valence-electron chi connectivity index (χ3n) is 4.23. The Bertz CT molecular complexity index is 752. The highest BCUT2D eigenvalue weighted by atomic mass is 19.1. The lowest BCUT2D eigenvalue weighted by molar-refractivity contribution is -0.122. The van der Waals surface area contributed by atoms with Crippen LogP contribution in [0.2, 0.25) is 0 Å². The first kappa shape index (κ1) is 20.4. The summed E-state index contributed by atoms with van der Waals surface area (Å²) in [5.41, 5.74) is 1.43. The van der Waals surface area contributed by atoms with Crippen molar-refractivity contribution in [2.24, 2.45) is 0 Å². The number of nitrogens with zero attached hydrogens (tertiary/aromatic N) is 1. The minimum atomic E-state index is -0.357. The van der Waals surface area contributed by atoms with E-state index in [1.54, 1.807) is 18.2 Å². The van der Waals surface area contributed by atoms with Crippen molar-refractivity contribution in [3.05, 3.63) is 66.0 Å². The molecule has 0 radical (unpaired) electrons. The molecule has 5 nitrogen and oxygen atoms in total. The largest absolute Gasteiger partial charge is 0.372 e. The normalized spacial score (nSPS) is 11.5. The molecule has 6 heteroatoms. The average Bonchev–Trinajstić information content (AvgIpc) is 2.65. The summed E-state index contributed by atoms with van der Waals surface area (Å²) < 4.78 is 13.7. The maximum Gasteiger partial charge on any atom is 0.222 e. The number of amides is 2. The van der Waals surface area contributed by atoms with E-state index in [0.29, 0.717) is 25.2 Å². The van der Waals surface area contributed by atoms with E-state index in [4.69, 9.17) is 0 Å². The summed E-state index contributed by atoms with van der Waals surface area (Å²) in [6.45, 7) is 2.54. The zero-order chi connectivity index (χ0) is 19.6. The maximum atomic E-state index is 13.7. The lowest BCUT2D eigenvalue weighted by Gasteiger charge is -2.20. The Labute approximate surface area is 159 Å². The quantitative estimate of drug-likeness (QED) is 0.666. The van der Waals surface area contributed by atoms with E-state index in [0.717, 1.165) is 5.56 Å². The molecule has 0 saturated carbocycles. The number of carbonyl (C=O) groups excluding carboxylic acids is 2. The number of hydrogen-bond donors (Lipinski definition) is 2. The molecule has 0 aliphatic rings. The van der Waals surface area contributed by atoms with Crippen LogP contribution in [0.15, 0.2) is 54.6 Å². The third-order valence-corrected chi connectivity index (χ3v) is 4.23. The molecule has 0 aliphatic carbocycles. The molecule has 2 rings (SSSR count). The molecule has 0 bridgehead atoms. The Morgan fingerprint density at radius 1 is 1.07 bits per heavy atom. The van der Waals surface area contributed by atoms with Gasteiger partial charge in [0.1, 0.15) is 5.82 Å². The number of halogens is 1. The van der Waals surface area contributed by atoms with Crippen molar-refractivity contribution < 1.29 is 14.0 Å². The van der Waals surface area contributed by atoms with Crippen LogP contribution in [0.25, 0.3) is 0 Å². The first-order valence-corrected chi connectivity index (χ1v) is 9.02. The number of anilines is 1. The molecule has 2 aromatic rings. The molecule has 27 heavy (non-hydrogen) atoms. The number of hydrogen-bond acceptors (Lipinski definition) is 3. The van der Waals surface area contributed by atoms with Gasteiger partial charge in [-0.15, -0.1) is 0 Å². The second-order valence-electron chi connectivity index (χ2n) is 6.44. The molecule has 1 atom stereocenters. The van der Waals surface area contributed by atoms with Crippen LogP contribution in [0.4, 0.5) is 10.1 Å². The molecule has 2 N–H and O–H groups in total. The number of nitrogens with one attached hydrogen (secondary N) is 2. The van der Waals surface area contributed by atoms with Gasteiger partial charge in [-0.3, -0.25) is 9.59 Å². The Morgan fingerprint density at radius 2 is 1.74 bits per heavy atom. The highest BCUT2D eigenvalue weighted by Gasteiger charge is 2.16. The fraction of sp³-hybridized carbons (Fsp3) is 0.333. The van der Waals surface area contributed by atoms with Crippen LogP contribution in [-0.2, 0) is 9.59 Å². The van der Waals surface area contributed by atoms with Gasteiger partial charge in [0.25, 0.3) is 0 Å². The number of rotatable bonds is 9. The lowest BCUT2D eigenvalue weighted by atomic mass is 10.0. The summed E-state index contributed by atoms with van der Waals surface area (Å²) in [5.74, 6) is -0.570. The second-order valence-corrected chi connectivity index (χ2v) is 6.44. The van der Waals surface area contributed by atoms with Gasteiger partial charge in [0, 0.05) is 27.1 Å².